The number of benzene rings is 1. The van der Waals surface area contributed by atoms with Gasteiger partial charge in [0.2, 0.25) is 11.8 Å². The molecule has 2 saturated heterocycles. The molecule has 2 aliphatic rings. The van der Waals surface area contributed by atoms with E-state index in [9.17, 15) is 9.59 Å². The molecule has 2 amide bonds. The van der Waals surface area contributed by atoms with Gasteiger partial charge in [-0.1, -0.05) is 30.3 Å². The van der Waals surface area contributed by atoms with Crippen LogP contribution in [0.2, 0.25) is 0 Å². The Hall–Kier alpha value is -1.88. The lowest BCUT2D eigenvalue weighted by Crippen LogP contribution is -2.52. The standard InChI is InChI=1S/C21H31N3O2/c1-18(25)23-13-9-21(10-14-23,17-19-7-4-3-5-8-19)20(26)24-12-6-11-22(2)15-16-24/h3-5,7-8H,6,9-17H2,1-2H3. The molecule has 142 valence electrons. The number of hydrogen-bond acceptors (Lipinski definition) is 3. The SMILES string of the molecule is CC(=O)N1CCC(Cc2ccccc2)(C(=O)N2CCCN(C)CC2)CC1. The number of amides is 2. The number of piperidine rings is 1. The van der Waals surface area contributed by atoms with Gasteiger partial charge in [0.1, 0.15) is 0 Å². The minimum atomic E-state index is -0.379. The second kappa shape index (κ2) is 8.21. The summed E-state index contributed by atoms with van der Waals surface area (Å²) < 4.78 is 0. The van der Waals surface area contributed by atoms with Gasteiger partial charge in [-0.05, 0) is 44.8 Å². The van der Waals surface area contributed by atoms with Crippen molar-refractivity contribution in [3.8, 4) is 0 Å². The van der Waals surface area contributed by atoms with Crippen molar-refractivity contribution in [3.63, 3.8) is 0 Å². The lowest BCUT2D eigenvalue weighted by atomic mass is 9.72. The van der Waals surface area contributed by atoms with E-state index < -0.39 is 0 Å². The van der Waals surface area contributed by atoms with E-state index in [1.807, 2.05) is 23.1 Å². The molecule has 0 radical (unpaired) electrons. The van der Waals surface area contributed by atoms with E-state index in [4.69, 9.17) is 0 Å². The van der Waals surface area contributed by atoms with Crippen LogP contribution in [0.3, 0.4) is 0 Å². The van der Waals surface area contributed by atoms with Crippen molar-refractivity contribution in [3.05, 3.63) is 35.9 Å². The van der Waals surface area contributed by atoms with Gasteiger partial charge in [0.15, 0.2) is 0 Å². The third-order valence-corrected chi connectivity index (χ3v) is 6.01. The van der Waals surface area contributed by atoms with E-state index in [0.29, 0.717) is 19.0 Å². The highest BCUT2D eigenvalue weighted by atomic mass is 16.2. The van der Waals surface area contributed by atoms with Crippen molar-refractivity contribution in [1.82, 2.24) is 14.7 Å². The Labute approximate surface area is 156 Å². The molecule has 1 aromatic carbocycles. The maximum absolute atomic E-state index is 13.6. The molecular weight excluding hydrogens is 326 g/mol. The number of likely N-dealkylation sites (N-methyl/N-ethyl adjacent to an activating group) is 1. The Kier molecular flexibility index (Phi) is 5.97. The highest BCUT2D eigenvalue weighted by molar-refractivity contribution is 5.84. The fourth-order valence-electron chi connectivity index (χ4n) is 4.29. The van der Waals surface area contributed by atoms with Crippen LogP contribution in [-0.4, -0.2) is 72.8 Å². The molecule has 0 aromatic heterocycles. The first-order chi connectivity index (χ1) is 12.5. The van der Waals surface area contributed by atoms with Gasteiger partial charge >= 0.3 is 0 Å². The molecule has 0 unspecified atom stereocenters. The fourth-order valence-corrected chi connectivity index (χ4v) is 4.29. The van der Waals surface area contributed by atoms with Crippen molar-refractivity contribution in [2.24, 2.45) is 5.41 Å². The summed E-state index contributed by atoms with van der Waals surface area (Å²) in [5.74, 6) is 0.405. The van der Waals surface area contributed by atoms with E-state index in [0.717, 1.165) is 51.9 Å². The molecule has 0 atom stereocenters. The van der Waals surface area contributed by atoms with Crippen molar-refractivity contribution in [1.29, 1.82) is 0 Å². The Balaban J connectivity index is 1.80. The highest BCUT2D eigenvalue weighted by Crippen LogP contribution is 2.37. The van der Waals surface area contributed by atoms with Crippen molar-refractivity contribution in [2.45, 2.75) is 32.6 Å². The maximum atomic E-state index is 13.6. The van der Waals surface area contributed by atoms with Gasteiger partial charge < -0.3 is 14.7 Å². The van der Waals surface area contributed by atoms with Gasteiger partial charge in [-0.2, -0.15) is 0 Å². The molecular formula is C21H31N3O2. The van der Waals surface area contributed by atoms with Crippen LogP contribution in [-0.2, 0) is 16.0 Å². The van der Waals surface area contributed by atoms with Crippen LogP contribution < -0.4 is 0 Å². The summed E-state index contributed by atoms with van der Waals surface area (Å²) in [6, 6.07) is 10.3. The Morgan fingerprint density at radius 2 is 1.62 bits per heavy atom. The van der Waals surface area contributed by atoms with E-state index in [1.54, 1.807) is 6.92 Å². The number of carbonyl (C=O) groups excluding carboxylic acids is 2. The average Bonchev–Trinajstić information content (AvgIpc) is 2.87. The second-order valence-corrected chi connectivity index (χ2v) is 7.90. The first kappa shape index (κ1) is 18.9. The van der Waals surface area contributed by atoms with Crippen molar-refractivity contribution >= 4 is 11.8 Å². The Morgan fingerprint density at radius 3 is 2.27 bits per heavy atom. The number of rotatable bonds is 3. The molecule has 2 aliphatic heterocycles. The molecule has 0 N–H and O–H groups in total. The lowest BCUT2D eigenvalue weighted by Gasteiger charge is -2.43. The monoisotopic (exact) mass is 357 g/mol. The van der Waals surface area contributed by atoms with Crippen LogP contribution in [0.25, 0.3) is 0 Å². The zero-order valence-electron chi connectivity index (χ0n) is 16.1. The van der Waals surface area contributed by atoms with Crippen LogP contribution in [0.15, 0.2) is 30.3 Å². The minimum Gasteiger partial charge on any atom is -0.343 e. The largest absolute Gasteiger partial charge is 0.343 e. The predicted octanol–water partition coefficient (Wildman–Crippen LogP) is 2.02. The molecule has 2 heterocycles. The first-order valence-corrected chi connectivity index (χ1v) is 9.77. The third-order valence-electron chi connectivity index (χ3n) is 6.01. The number of likely N-dealkylation sites (tertiary alicyclic amines) is 1. The molecule has 0 bridgehead atoms. The normalized spacial score (nSPS) is 21.3. The van der Waals surface area contributed by atoms with Gasteiger partial charge in [0.25, 0.3) is 0 Å². The van der Waals surface area contributed by atoms with Crippen LogP contribution in [0.1, 0.15) is 31.7 Å². The number of carbonyl (C=O) groups is 2. The fraction of sp³-hybridized carbons (Fsp3) is 0.619. The minimum absolute atomic E-state index is 0.113. The number of hydrogen-bond donors (Lipinski definition) is 0. The molecule has 3 rings (SSSR count). The molecule has 0 spiro atoms. The second-order valence-electron chi connectivity index (χ2n) is 7.90. The van der Waals surface area contributed by atoms with E-state index in [-0.39, 0.29) is 11.3 Å². The van der Waals surface area contributed by atoms with Gasteiger partial charge in [-0.3, -0.25) is 9.59 Å². The van der Waals surface area contributed by atoms with Crippen molar-refractivity contribution < 1.29 is 9.59 Å². The molecule has 26 heavy (non-hydrogen) atoms. The van der Waals surface area contributed by atoms with Crippen molar-refractivity contribution in [2.75, 3.05) is 46.3 Å². The van der Waals surface area contributed by atoms with Gasteiger partial charge in [0, 0.05) is 39.6 Å². The molecule has 2 fully saturated rings. The van der Waals surface area contributed by atoms with Crippen LogP contribution in [0.5, 0.6) is 0 Å². The summed E-state index contributed by atoms with van der Waals surface area (Å²) in [7, 11) is 2.12. The summed E-state index contributed by atoms with van der Waals surface area (Å²) in [5.41, 5.74) is 0.833. The summed E-state index contributed by atoms with van der Waals surface area (Å²) in [4.78, 5) is 31.6. The first-order valence-electron chi connectivity index (χ1n) is 9.77. The topological polar surface area (TPSA) is 43.9 Å². The summed E-state index contributed by atoms with van der Waals surface area (Å²) >= 11 is 0. The molecule has 0 aliphatic carbocycles. The summed E-state index contributed by atoms with van der Waals surface area (Å²) in [6.07, 6.45) is 3.31. The quantitative estimate of drug-likeness (QED) is 0.831. The Bertz CT molecular complexity index is 623. The molecule has 5 nitrogen and oxygen atoms in total. The lowest BCUT2D eigenvalue weighted by molar-refractivity contribution is -0.148. The third kappa shape index (κ3) is 4.26. The summed E-state index contributed by atoms with van der Waals surface area (Å²) in [5, 5.41) is 0. The van der Waals surface area contributed by atoms with Gasteiger partial charge in [0.05, 0.1) is 5.41 Å². The zero-order valence-corrected chi connectivity index (χ0v) is 16.1. The maximum Gasteiger partial charge on any atom is 0.229 e. The van der Waals surface area contributed by atoms with Crippen LogP contribution in [0.4, 0.5) is 0 Å². The van der Waals surface area contributed by atoms with E-state index in [2.05, 4.69) is 29.0 Å². The van der Waals surface area contributed by atoms with Crippen LogP contribution >= 0.6 is 0 Å². The zero-order chi connectivity index (χ0) is 18.6. The van der Waals surface area contributed by atoms with Gasteiger partial charge in [-0.15, -0.1) is 0 Å². The number of nitrogens with zero attached hydrogens (tertiary/aromatic N) is 3. The molecule has 5 heteroatoms. The smallest absolute Gasteiger partial charge is 0.229 e. The summed E-state index contributed by atoms with van der Waals surface area (Å²) in [6.45, 7) is 6.62. The molecule has 1 aromatic rings. The Morgan fingerprint density at radius 1 is 0.923 bits per heavy atom. The van der Waals surface area contributed by atoms with Gasteiger partial charge in [-0.25, -0.2) is 0 Å². The highest BCUT2D eigenvalue weighted by Gasteiger charge is 2.44. The average molecular weight is 357 g/mol. The van der Waals surface area contributed by atoms with E-state index >= 15 is 0 Å². The predicted molar refractivity (Wildman–Crippen MR) is 103 cm³/mol. The van der Waals surface area contributed by atoms with Crippen LogP contribution in [0, 0.1) is 5.41 Å². The van der Waals surface area contributed by atoms with E-state index in [1.165, 1.54) is 5.56 Å². The molecule has 0 saturated carbocycles.